The summed E-state index contributed by atoms with van der Waals surface area (Å²) in [6, 6.07) is 16.9. The molecule has 2 aliphatic rings. The summed E-state index contributed by atoms with van der Waals surface area (Å²) >= 11 is 5.83. The molecule has 4 rings (SSSR count). The molecule has 2 atom stereocenters. The molecule has 1 saturated heterocycles. The molecule has 1 nitrogen and oxygen atoms in total. The van der Waals surface area contributed by atoms with Crippen LogP contribution in [0.2, 0.25) is 5.02 Å². The van der Waals surface area contributed by atoms with E-state index >= 15 is 0 Å². The molecule has 2 bridgehead atoms. The molecule has 0 amide bonds. The molecule has 0 aliphatic carbocycles. The molecular formula is C21H21ClFN. The molecule has 2 heterocycles. The first-order valence-corrected chi connectivity index (χ1v) is 9.04. The average Bonchev–Trinajstić information content (AvgIpc) is 2.58. The van der Waals surface area contributed by atoms with E-state index in [4.69, 9.17) is 11.6 Å². The zero-order valence-electron chi connectivity index (χ0n) is 13.6. The third kappa shape index (κ3) is 3.13. The molecule has 2 aliphatic heterocycles. The molecule has 0 aromatic heterocycles. The first kappa shape index (κ1) is 15.9. The van der Waals surface area contributed by atoms with Gasteiger partial charge in [0.1, 0.15) is 5.82 Å². The summed E-state index contributed by atoms with van der Waals surface area (Å²) in [5.74, 6) is -0.327. The van der Waals surface area contributed by atoms with Crippen LogP contribution < -0.4 is 0 Å². The molecule has 3 heteroatoms. The van der Waals surface area contributed by atoms with Gasteiger partial charge in [-0.25, -0.2) is 4.39 Å². The van der Waals surface area contributed by atoms with E-state index in [2.05, 4.69) is 41.3 Å². The Morgan fingerprint density at radius 1 is 1.08 bits per heavy atom. The Kier molecular flexibility index (Phi) is 4.43. The highest BCUT2D eigenvalue weighted by Gasteiger charge is 2.34. The van der Waals surface area contributed by atoms with Crippen molar-refractivity contribution in [3.8, 4) is 0 Å². The number of halogens is 2. The number of hydrogen-bond acceptors (Lipinski definition) is 1. The van der Waals surface area contributed by atoms with E-state index in [9.17, 15) is 4.39 Å². The van der Waals surface area contributed by atoms with Crippen LogP contribution in [-0.4, -0.2) is 17.0 Å². The molecule has 2 unspecified atom stereocenters. The number of benzene rings is 2. The summed E-state index contributed by atoms with van der Waals surface area (Å²) in [5.41, 5.74) is 3.61. The van der Waals surface area contributed by atoms with Crippen molar-refractivity contribution in [2.45, 2.75) is 44.3 Å². The van der Waals surface area contributed by atoms with E-state index in [1.807, 2.05) is 6.07 Å². The van der Waals surface area contributed by atoms with Gasteiger partial charge in [0, 0.05) is 18.6 Å². The third-order valence-electron chi connectivity index (χ3n) is 5.28. The standard InChI is InChI=1S/C21H21ClFN/c22-20-10-9-16(13-21(20)23)17-11-18-7-4-8-19(12-17)24(18)14-15-5-2-1-3-6-15/h1-3,5-6,9-11,13,18-19H,4,7-8,12,14H2. The quantitative estimate of drug-likeness (QED) is 0.693. The Hall–Kier alpha value is -1.64. The van der Waals surface area contributed by atoms with Gasteiger partial charge in [-0.2, -0.15) is 0 Å². The largest absolute Gasteiger partial charge is 0.289 e. The first-order valence-electron chi connectivity index (χ1n) is 8.66. The molecular weight excluding hydrogens is 321 g/mol. The monoisotopic (exact) mass is 341 g/mol. The smallest absolute Gasteiger partial charge is 0.142 e. The second kappa shape index (κ2) is 6.70. The Balaban J connectivity index is 1.61. The van der Waals surface area contributed by atoms with Crippen molar-refractivity contribution < 1.29 is 4.39 Å². The van der Waals surface area contributed by atoms with Gasteiger partial charge in [0.25, 0.3) is 0 Å². The normalized spacial score (nSPS) is 23.8. The second-order valence-corrected chi connectivity index (χ2v) is 7.24. The maximum Gasteiger partial charge on any atom is 0.142 e. The van der Waals surface area contributed by atoms with Gasteiger partial charge in [0.05, 0.1) is 5.02 Å². The van der Waals surface area contributed by atoms with Crippen molar-refractivity contribution >= 4 is 17.2 Å². The van der Waals surface area contributed by atoms with E-state index < -0.39 is 0 Å². The van der Waals surface area contributed by atoms with Gasteiger partial charge in [0.2, 0.25) is 0 Å². The summed E-state index contributed by atoms with van der Waals surface area (Å²) in [5, 5.41) is 0.195. The number of piperidine rings is 1. The van der Waals surface area contributed by atoms with Gasteiger partial charge in [-0.15, -0.1) is 0 Å². The number of hydrogen-bond donors (Lipinski definition) is 0. The zero-order chi connectivity index (χ0) is 16.5. The summed E-state index contributed by atoms with van der Waals surface area (Å²) in [6.07, 6.45) is 7.02. The SMILES string of the molecule is Fc1cc(C2=CC3CCCC(C2)N3Cc2ccccc2)ccc1Cl. The van der Waals surface area contributed by atoms with Crippen LogP contribution in [0.1, 0.15) is 36.8 Å². The van der Waals surface area contributed by atoms with E-state index in [0.29, 0.717) is 12.1 Å². The summed E-state index contributed by atoms with van der Waals surface area (Å²) in [4.78, 5) is 2.62. The summed E-state index contributed by atoms with van der Waals surface area (Å²) in [6.45, 7) is 0.995. The zero-order valence-corrected chi connectivity index (χ0v) is 14.3. The number of rotatable bonds is 3. The Labute approximate surface area is 147 Å². The number of nitrogens with zero attached hydrogens (tertiary/aromatic N) is 1. The van der Waals surface area contributed by atoms with Crippen molar-refractivity contribution in [1.29, 1.82) is 0 Å². The van der Waals surface area contributed by atoms with Crippen LogP contribution in [-0.2, 0) is 6.54 Å². The van der Waals surface area contributed by atoms with Gasteiger partial charge in [-0.05, 0) is 48.1 Å². The van der Waals surface area contributed by atoms with E-state index in [0.717, 1.165) is 18.5 Å². The third-order valence-corrected chi connectivity index (χ3v) is 5.59. The molecule has 124 valence electrons. The van der Waals surface area contributed by atoms with Gasteiger partial charge >= 0.3 is 0 Å². The van der Waals surface area contributed by atoms with Crippen LogP contribution in [0.25, 0.3) is 5.57 Å². The van der Waals surface area contributed by atoms with Crippen LogP contribution in [0.15, 0.2) is 54.6 Å². The van der Waals surface area contributed by atoms with Crippen molar-refractivity contribution in [2.24, 2.45) is 0 Å². The van der Waals surface area contributed by atoms with Crippen molar-refractivity contribution in [3.05, 3.63) is 76.6 Å². The minimum absolute atomic E-state index is 0.195. The molecule has 1 fully saturated rings. The highest BCUT2D eigenvalue weighted by molar-refractivity contribution is 6.30. The molecule has 0 saturated carbocycles. The maximum atomic E-state index is 13.8. The molecule has 2 aromatic rings. The highest BCUT2D eigenvalue weighted by Crippen LogP contribution is 2.38. The predicted octanol–water partition coefficient (Wildman–Crippen LogP) is 5.69. The van der Waals surface area contributed by atoms with Gasteiger partial charge in [-0.1, -0.05) is 60.5 Å². The average molecular weight is 342 g/mol. The van der Waals surface area contributed by atoms with E-state index in [1.165, 1.54) is 30.4 Å². The van der Waals surface area contributed by atoms with E-state index in [1.54, 1.807) is 12.1 Å². The second-order valence-electron chi connectivity index (χ2n) is 6.83. The van der Waals surface area contributed by atoms with Gasteiger partial charge < -0.3 is 0 Å². The molecule has 0 spiro atoms. The lowest BCUT2D eigenvalue weighted by Gasteiger charge is -2.45. The molecule has 0 radical (unpaired) electrons. The molecule has 2 aromatic carbocycles. The molecule has 24 heavy (non-hydrogen) atoms. The summed E-state index contributed by atoms with van der Waals surface area (Å²) < 4.78 is 13.8. The topological polar surface area (TPSA) is 3.24 Å². The van der Waals surface area contributed by atoms with Crippen molar-refractivity contribution in [2.75, 3.05) is 0 Å². The molecule has 0 N–H and O–H groups in total. The van der Waals surface area contributed by atoms with Crippen molar-refractivity contribution in [3.63, 3.8) is 0 Å². The lowest BCUT2D eigenvalue weighted by Crippen LogP contribution is -2.47. The lowest BCUT2D eigenvalue weighted by atomic mass is 9.82. The summed E-state index contributed by atoms with van der Waals surface area (Å²) in [7, 11) is 0. The fourth-order valence-electron chi connectivity index (χ4n) is 4.07. The Morgan fingerprint density at radius 2 is 1.92 bits per heavy atom. The Bertz CT molecular complexity index is 756. The van der Waals surface area contributed by atoms with Crippen LogP contribution in [0.5, 0.6) is 0 Å². The maximum absolute atomic E-state index is 13.8. The fourth-order valence-corrected chi connectivity index (χ4v) is 4.19. The number of fused-ring (bicyclic) bond motifs is 2. The predicted molar refractivity (Wildman–Crippen MR) is 97.4 cm³/mol. The van der Waals surface area contributed by atoms with Crippen LogP contribution in [0.3, 0.4) is 0 Å². The Morgan fingerprint density at radius 3 is 2.67 bits per heavy atom. The first-order chi connectivity index (χ1) is 11.7. The van der Waals surface area contributed by atoms with Crippen LogP contribution >= 0.6 is 11.6 Å². The van der Waals surface area contributed by atoms with Gasteiger partial charge in [-0.3, -0.25) is 4.90 Å². The van der Waals surface area contributed by atoms with Crippen LogP contribution in [0, 0.1) is 5.82 Å². The van der Waals surface area contributed by atoms with Gasteiger partial charge in [0.15, 0.2) is 0 Å². The highest BCUT2D eigenvalue weighted by atomic mass is 35.5. The fraction of sp³-hybridized carbons (Fsp3) is 0.333. The minimum Gasteiger partial charge on any atom is -0.289 e. The van der Waals surface area contributed by atoms with E-state index in [-0.39, 0.29) is 10.8 Å². The van der Waals surface area contributed by atoms with Crippen molar-refractivity contribution in [1.82, 2.24) is 4.90 Å². The van der Waals surface area contributed by atoms with Crippen LogP contribution in [0.4, 0.5) is 4.39 Å². The lowest BCUT2D eigenvalue weighted by molar-refractivity contribution is 0.0951. The minimum atomic E-state index is -0.327.